The number of rotatable bonds is 9. The third-order valence-electron chi connectivity index (χ3n) is 3.56. The summed E-state index contributed by atoms with van der Waals surface area (Å²) in [6, 6.07) is 0. The van der Waals surface area contributed by atoms with Gasteiger partial charge in [0.1, 0.15) is 0 Å². The highest BCUT2D eigenvalue weighted by Gasteiger charge is 2.13. The van der Waals surface area contributed by atoms with Crippen LogP contribution in [0, 0.1) is 5.92 Å². The van der Waals surface area contributed by atoms with Gasteiger partial charge in [-0.05, 0) is 51.2 Å². The molecule has 0 fully saturated rings. The Morgan fingerprint density at radius 3 is 2.32 bits per heavy atom. The van der Waals surface area contributed by atoms with Gasteiger partial charge in [0.05, 0.1) is 17.8 Å². The van der Waals surface area contributed by atoms with Crippen LogP contribution in [0.4, 0.5) is 0 Å². The molecule has 0 spiro atoms. The van der Waals surface area contributed by atoms with E-state index in [4.69, 9.17) is 5.11 Å². The van der Waals surface area contributed by atoms with Crippen molar-refractivity contribution in [2.24, 2.45) is 5.92 Å². The van der Waals surface area contributed by atoms with Gasteiger partial charge in [0.15, 0.2) is 0 Å². The Morgan fingerprint density at radius 1 is 1.23 bits per heavy atom. The highest BCUT2D eigenvalue weighted by Crippen LogP contribution is 2.14. The van der Waals surface area contributed by atoms with Crippen LogP contribution in [0.3, 0.4) is 0 Å². The van der Waals surface area contributed by atoms with Crippen LogP contribution in [0.2, 0.25) is 0 Å². The predicted octanol–water partition coefficient (Wildman–Crippen LogP) is 2.04. The molecule has 0 aliphatic rings. The average molecular weight is 312 g/mol. The second-order valence-electron chi connectivity index (χ2n) is 5.94. The van der Waals surface area contributed by atoms with Crippen LogP contribution in [-0.4, -0.2) is 44.2 Å². The fourth-order valence-corrected chi connectivity index (χ4v) is 1.67. The standard InChI is InChI=1S/C17H28O5/c1-12(14(3)18)6-5-7-13(2)15(19)8-10-17(4,22)11-9-16(20)21/h7-12,14-15,18-19,22H,5-6H2,1-4H3,(H,20,21)/b10-8+,11-9+,13-7+/t12-,14+,15?,17+/m0/s1. The molecule has 22 heavy (non-hydrogen) atoms. The van der Waals surface area contributed by atoms with E-state index in [0.29, 0.717) is 0 Å². The molecule has 126 valence electrons. The van der Waals surface area contributed by atoms with Gasteiger partial charge in [-0.25, -0.2) is 4.79 Å². The minimum absolute atomic E-state index is 0.193. The first-order valence-electron chi connectivity index (χ1n) is 7.42. The fourth-order valence-electron chi connectivity index (χ4n) is 1.67. The van der Waals surface area contributed by atoms with Crippen molar-refractivity contribution in [3.63, 3.8) is 0 Å². The van der Waals surface area contributed by atoms with Crippen molar-refractivity contribution < 1.29 is 25.2 Å². The molecule has 5 nitrogen and oxygen atoms in total. The second kappa shape index (κ2) is 9.56. The summed E-state index contributed by atoms with van der Waals surface area (Å²) in [6.07, 6.45) is 7.06. The number of carbonyl (C=O) groups is 1. The number of hydrogen-bond acceptors (Lipinski definition) is 4. The Balaban J connectivity index is 4.53. The number of hydrogen-bond donors (Lipinski definition) is 4. The van der Waals surface area contributed by atoms with E-state index in [1.54, 1.807) is 13.8 Å². The van der Waals surface area contributed by atoms with Crippen molar-refractivity contribution in [2.45, 2.75) is 58.3 Å². The van der Waals surface area contributed by atoms with Crippen molar-refractivity contribution in [3.05, 3.63) is 36.0 Å². The van der Waals surface area contributed by atoms with Gasteiger partial charge in [0.25, 0.3) is 0 Å². The van der Waals surface area contributed by atoms with E-state index in [-0.39, 0.29) is 12.0 Å². The lowest BCUT2D eigenvalue weighted by Gasteiger charge is -2.15. The van der Waals surface area contributed by atoms with Crippen molar-refractivity contribution in [1.29, 1.82) is 0 Å². The van der Waals surface area contributed by atoms with E-state index < -0.39 is 17.7 Å². The molecule has 0 rings (SSSR count). The summed E-state index contributed by atoms with van der Waals surface area (Å²) in [7, 11) is 0. The molecule has 0 aromatic rings. The van der Waals surface area contributed by atoms with E-state index in [1.807, 2.05) is 13.0 Å². The second-order valence-corrected chi connectivity index (χ2v) is 5.94. The quantitative estimate of drug-likeness (QED) is 0.386. The summed E-state index contributed by atoms with van der Waals surface area (Å²) in [5, 5.41) is 37.8. The van der Waals surface area contributed by atoms with Gasteiger partial charge in [0, 0.05) is 6.08 Å². The molecule has 0 aliphatic heterocycles. The first kappa shape index (κ1) is 20.6. The molecule has 0 aromatic heterocycles. The van der Waals surface area contributed by atoms with Gasteiger partial charge in [-0.2, -0.15) is 0 Å². The number of carboxylic acid groups (broad SMARTS) is 1. The summed E-state index contributed by atoms with van der Waals surface area (Å²) >= 11 is 0. The van der Waals surface area contributed by atoms with Crippen molar-refractivity contribution in [3.8, 4) is 0 Å². The molecular formula is C17H28O5. The minimum atomic E-state index is -1.43. The summed E-state index contributed by atoms with van der Waals surface area (Å²) in [4.78, 5) is 10.4. The molecule has 4 N–H and O–H groups in total. The normalized spacial score (nSPS) is 20.0. The maximum atomic E-state index is 10.4. The molecule has 0 aliphatic carbocycles. The van der Waals surface area contributed by atoms with E-state index in [2.05, 4.69) is 0 Å². The summed E-state index contributed by atoms with van der Waals surface area (Å²) in [5.41, 5.74) is -0.687. The third-order valence-corrected chi connectivity index (χ3v) is 3.56. The van der Waals surface area contributed by atoms with Gasteiger partial charge < -0.3 is 20.4 Å². The van der Waals surface area contributed by atoms with Gasteiger partial charge in [-0.15, -0.1) is 0 Å². The molecule has 0 radical (unpaired) electrons. The maximum Gasteiger partial charge on any atom is 0.328 e. The van der Waals surface area contributed by atoms with E-state index in [1.165, 1.54) is 19.1 Å². The Morgan fingerprint density at radius 2 is 1.82 bits per heavy atom. The van der Waals surface area contributed by atoms with Crippen molar-refractivity contribution in [1.82, 2.24) is 0 Å². The number of aliphatic hydroxyl groups excluding tert-OH is 2. The topological polar surface area (TPSA) is 98.0 Å². The van der Waals surface area contributed by atoms with Crippen molar-refractivity contribution in [2.75, 3.05) is 0 Å². The largest absolute Gasteiger partial charge is 0.478 e. The molecule has 1 unspecified atom stereocenters. The molecular weight excluding hydrogens is 284 g/mol. The van der Waals surface area contributed by atoms with Crippen LogP contribution in [0.5, 0.6) is 0 Å². The number of aliphatic carboxylic acids is 1. The zero-order valence-electron chi connectivity index (χ0n) is 13.7. The average Bonchev–Trinajstić information content (AvgIpc) is 2.42. The van der Waals surface area contributed by atoms with Gasteiger partial charge in [0.2, 0.25) is 0 Å². The zero-order valence-corrected chi connectivity index (χ0v) is 13.7. The smallest absolute Gasteiger partial charge is 0.328 e. The van der Waals surface area contributed by atoms with Gasteiger partial charge >= 0.3 is 5.97 Å². The Bertz CT molecular complexity index is 432. The molecule has 0 saturated heterocycles. The zero-order chi connectivity index (χ0) is 17.3. The van der Waals surface area contributed by atoms with Crippen LogP contribution in [0.1, 0.15) is 40.5 Å². The summed E-state index contributed by atoms with van der Waals surface area (Å²) < 4.78 is 0. The lowest BCUT2D eigenvalue weighted by molar-refractivity contribution is -0.131. The predicted molar refractivity (Wildman–Crippen MR) is 86.4 cm³/mol. The number of aliphatic hydroxyl groups is 3. The monoisotopic (exact) mass is 312 g/mol. The van der Waals surface area contributed by atoms with Crippen LogP contribution >= 0.6 is 0 Å². The molecule has 0 bridgehead atoms. The van der Waals surface area contributed by atoms with Crippen LogP contribution < -0.4 is 0 Å². The lowest BCUT2D eigenvalue weighted by Crippen LogP contribution is -2.19. The minimum Gasteiger partial charge on any atom is -0.478 e. The highest BCUT2D eigenvalue weighted by atomic mass is 16.4. The third kappa shape index (κ3) is 9.50. The lowest BCUT2D eigenvalue weighted by atomic mass is 9.98. The van der Waals surface area contributed by atoms with Crippen molar-refractivity contribution >= 4 is 5.97 Å². The molecule has 0 saturated carbocycles. The molecule has 5 heteroatoms. The van der Waals surface area contributed by atoms with E-state index >= 15 is 0 Å². The maximum absolute atomic E-state index is 10.4. The molecule has 0 heterocycles. The highest BCUT2D eigenvalue weighted by molar-refractivity contribution is 5.80. The van der Waals surface area contributed by atoms with Gasteiger partial charge in [-0.3, -0.25) is 0 Å². The van der Waals surface area contributed by atoms with Crippen LogP contribution in [0.25, 0.3) is 0 Å². The van der Waals surface area contributed by atoms with E-state index in [0.717, 1.165) is 30.6 Å². The molecule has 4 atom stereocenters. The fraction of sp³-hybridized carbons (Fsp3) is 0.588. The van der Waals surface area contributed by atoms with Crippen LogP contribution in [0.15, 0.2) is 36.0 Å². The molecule has 0 aromatic carbocycles. The number of carboxylic acids is 1. The summed E-state index contributed by atoms with van der Waals surface area (Å²) in [5.74, 6) is -0.948. The number of allylic oxidation sites excluding steroid dienone is 1. The van der Waals surface area contributed by atoms with Crippen LogP contribution in [-0.2, 0) is 4.79 Å². The summed E-state index contributed by atoms with van der Waals surface area (Å²) in [6.45, 7) is 6.94. The SMILES string of the molecule is C/C(=C\CC[C@H](C)[C@@H](C)O)C(O)/C=C/[C@@](C)(O)/C=C/C(=O)O. The Hall–Kier alpha value is -1.43. The first-order chi connectivity index (χ1) is 10.0. The Labute approximate surface area is 132 Å². The first-order valence-corrected chi connectivity index (χ1v) is 7.42. The molecule has 0 amide bonds. The van der Waals surface area contributed by atoms with Gasteiger partial charge in [-0.1, -0.05) is 25.2 Å². The van der Waals surface area contributed by atoms with E-state index in [9.17, 15) is 20.1 Å². The Kier molecular flexibility index (Phi) is 8.94.